The molecule has 4 aromatic rings. The zero-order valence-electron chi connectivity index (χ0n) is 25.0. The van der Waals surface area contributed by atoms with E-state index in [4.69, 9.17) is 0 Å². The lowest BCUT2D eigenvalue weighted by Gasteiger charge is -2.46. The Kier molecular flexibility index (Phi) is 7.43. The number of piperazine rings is 1. The number of nitrogens with zero attached hydrogens (tertiary/aromatic N) is 5. The molecule has 228 valence electrons. The molecule has 1 fully saturated rings. The van der Waals surface area contributed by atoms with Gasteiger partial charge < -0.3 is 15.1 Å². The van der Waals surface area contributed by atoms with Crippen LogP contribution in [0.25, 0.3) is 27.7 Å². The lowest BCUT2D eigenvalue weighted by atomic mass is 9.96. The number of anilines is 2. The van der Waals surface area contributed by atoms with Crippen LogP contribution < -0.4 is 15.9 Å². The molecule has 11 heteroatoms. The average Bonchev–Trinajstić information content (AvgIpc) is 2.98. The summed E-state index contributed by atoms with van der Waals surface area (Å²) in [6.45, 7) is 11.9. The Morgan fingerprint density at radius 3 is 2.59 bits per heavy atom. The van der Waals surface area contributed by atoms with Crippen molar-refractivity contribution in [2.75, 3.05) is 29.9 Å². The summed E-state index contributed by atoms with van der Waals surface area (Å²) < 4.78 is 50.0. The first kappa shape index (κ1) is 29.4. The van der Waals surface area contributed by atoms with E-state index < -0.39 is 28.7 Å². The predicted molar refractivity (Wildman–Crippen MR) is 165 cm³/mol. The third-order valence-electron chi connectivity index (χ3n) is 8.61. The smallest absolute Gasteiger partial charge is 0.354 e. The fraction of sp³-hybridized carbons (Fsp3) is 0.333. The average molecular weight is 603 g/mol. The number of aromatic nitrogens is 3. The number of halogens is 3. The van der Waals surface area contributed by atoms with Gasteiger partial charge in [-0.25, -0.2) is 18.0 Å². The standard InChI is InChI=1S/C33H33F3N6O2/c1-6-23(43)40-16-20-12-14-38-29-25-31(27(36)24(26(29)35)21-9-7-8-10-22(21)34)42(30-18(4)11-13-37-28(30)17(2)3)33(44)39-32(25)41(20)15-19(40)5/h6-11,13,17,19-20,38H,1,12,14-16H2,2-5H3. The number of hydrogen-bond donors (Lipinski definition) is 1. The van der Waals surface area contributed by atoms with Crippen LogP contribution in [-0.4, -0.2) is 57.1 Å². The number of nitrogens with one attached hydrogen (secondary N) is 1. The van der Waals surface area contributed by atoms with Crippen LogP contribution in [0.4, 0.5) is 24.7 Å². The second-order valence-electron chi connectivity index (χ2n) is 11.7. The van der Waals surface area contributed by atoms with Gasteiger partial charge in [0.15, 0.2) is 11.6 Å². The number of rotatable bonds is 4. The third kappa shape index (κ3) is 4.53. The van der Waals surface area contributed by atoms with Gasteiger partial charge in [0.05, 0.1) is 28.0 Å². The Hall–Kier alpha value is -4.67. The number of aryl methyl sites for hydroxylation is 1. The van der Waals surface area contributed by atoms with E-state index in [9.17, 15) is 9.59 Å². The Balaban J connectivity index is 1.76. The summed E-state index contributed by atoms with van der Waals surface area (Å²) in [5, 5.41) is 3.19. The molecular formula is C33H33F3N6O2. The molecule has 1 N–H and O–H groups in total. The Labute approximate surface area is 252 Å². The van der Waals surface area contributed by atoms with Crippen molar-refractivity contribution in [3.8, 4) is 16.8 Å². The Bertz CT molecular complexity index is 1890. The molecule has 2 unspecified atom stereocenters. The first-order chi connectivity index (χ1) is 21.0. The normalized spacial score (nSPS) is 18.1. The van der Waals surface area contributed by atoms with Crippen molar-refractivity contribution in [2.45, 2.75) is 52.1 Å². The summed E-state index contributed by atoms with van der Waals surface area (Å²) >= 11 is 0. The van der Waals surface area contributed by atoms with Gasteiger partial charge in [-0.05, 0) is 50.0 Å². The largest absolute Gasteiger partial charge is 0.382 e. The molecular weight excluding hydrogens is 569 g/mol. The van der Waals surface area contributed by atoms with Gasteiger partial charge in [0.2, 0.25) is 5.91 Å². The van der Waals surface area contributed by atoms with E-state index in [2.05, 4.69) is 21.9 Å². The topological polar surface area (TPSA) is 83.4 Å². The van der Waals surface area contributed by atoms with Crippen LogP contribution in [0.1, 0.15) is 44.4 Å². The number of fused-ring (bicyclic) bond motifs is 2. The van der Waals surface area contributed by atoms with E-state index in [1.165, 1.54) is 24.3 Å². The van der Waals surface area contributed by atoms with E-state index in [0.29, 0.717) is 29.9 Å². The van der Waals surface area contributed by atoms with Crippen molar-refractivity contribution in [3.63, 3.8) is 0 Å². The molecule has 2 atom stereocenters. The highest BCUT2D eigenvalue weighted by molar-refractivity contribution is 6.05. The molecule has 1 amide bonds. The second-order valence-corrected chi connectivity index (χ2v) is 11.7. The summed E-state index contributed by atoms with van der Waals surface area (Å²) in [7, 11) is 0. The first-order valence-electron chi connectivity index (χ1n) is 14.7. The van der Waals surface area contributed by atoms with E-state index in [1.54, 1.807) is 24.1 Å². The zero-order valence-corrected chi connectivity index (χ0v) is 25.0. The number of hydrogen-bond acceptors (Lipinski definition) is 6. The van der Waals surface area contributed by atoms with Crippen LogP contribution >= 0.6 is 0 Å². The van der Waals surface area contributed by atoms with E-state index in [1.807, 2.05) is 25.7 Å². The highest BCUT2D eigenvalue weighted by Gasteiger charge is 2.39. The molecule has 6 rings (SSSR count). The van der Waals surface area contributed by atoms with Crippen LogP contribution in [0.15, 0.2) is 54.0 Å². The van der Waals surface area contributed by atoms with Gasteiger partial charge >= 0.3 is 5.69 Å². The molecule has 0 spiro atoms. The van der Waals surface area contributed by atoms with Crippen molar-refractivity contribution in [3.05, 3.63) is 88.4 Å². The third-order valence-corrected chi connectivity index (χ3v) is 8.61. The van der Waals surface area contributed by atoms with Crippen LogP contribution in [-0.2, 0) is 4.79 Å². The second kappa shape index (κ2) is 11.1. The quantitative estimate of drug-likeness (QED) is 0.302. The summed E-state index contributed by atoms with van der Waals surface area (Å²) in [6, 6.07) is 6.50. The van der Waals surface area contributed by atoms with Gasteiger partial charge in [0.25, 0.3) is 0 Å². The molecule has 0 bridgehead atoms. The molecule has 1 saturated heterocycles. The monoisotopic (exact) mass is 602 g/mol. The van der Waals surface area contributed by atoms with Gasteiger partial charge in [-0.1, -0.05) is 38.6 Å². The Morgan fingerprint density at radius 2 is 1.89 bits per heavy atom. The summed E-state index contributed by atoms with van der Waals surface area (Å²) in [6.07, 6.45) is 3.34. The van der Waals surface area contributed by atoms with Crippen LogP contribution in [0.2, 0.25) is 0 Å². The number of carbonyl (C=O) groups excluding carboxylic acids is 1. The van der Waals surface area contributed by atoms with E-state index >= 15 is 13.2 Å². The number of amides is 1. The van der Waals surface area contributed by atoms with Crippen molar-refractivity contribution in [2.24, 2.45) is 0 Å². The molecule has 0 saturated carbocycles. The van der Waals surface area contributed by atoms with Gasteiger partial charge in [-0.2, -0.15) is 4.98 Å². The molecule has 2 aliphatic rings. The maximum absolute atomic E-state index is 17.1. The van der Waals surface area contributed by atoms with Crippen molar-refractivity contribution < 1.29 is 18.0 Å². The minimum atomic E-state index is -1.09. The minimum Gasteiger partial charge on any atom is -0.382 e. The molecule has 8 nitrogen and oxygen atoms in total. The highest BCUT2D eigenvalue weighted by Crippen LogP contribution is 2.44. The minimum absolute atomic E-state index is 0.0676. The van der Waals surface area contributed by atoms with Crippen molar-refractivity contribution in [1.29, 1.82) is 0 Å². The summed E-state index contributed by atoms with van der Waals surface area (Å²) in [5.41, 5.74) is -0.405. The molecule has 0 radical (unpaired) electrons. The molecule has 2 aliphatic heterocycles. The van der Waals surface area contributed by atoms with Crippen LogP contribution in [0, 0.1) is 24.4 Å². The number of benzene rings is 2. The number of carbonyl (C=O) groups is 1. The van der Waals surface area contributed by atoms with Crippen LogP contribution in [0.3, 0.4) is 0 Å². The summed E-state index contributed by atoms with van der Waals surface area (Å²) in [5.74, 6) is -3.14. The van der Waals surface area contributed by atoms with Crippen molar-refractivity contribution in [1.82, 2.24) is 19.4 Å². The van der Waals surface area contributed by atoms with Crippen molar-refractivity contribution >= 4 is 28.3 Å². The molecule has 2 aromatic heterocycles. The fourth-order valence-electron chi connectivity index (χ4n) is 6.50. The molecule has 4 heterocycles. The lowest BCUT2D eigenvalue weighted by Crippen LogP contribution is -2.60. The highest BCUT2D eigenvalue weighted by atomic mass is 19.1. The maximum Gasteiger partial charge on any atom is 0.354 e. The van der Waals surface area contributed by atoms with Gasteiger partial charge in [-0.3, -0.25) is 14.3 Å². The maximum atomic E-state index is 17.1. The molecule has 44 heavy (non-hydrogen) atoms. The number of pyridine rings is 1. The van der Waals surface area contributed by atoms with Gasteiger partial charge in [0, 0.05) is 43.5 Å². The van der Waals surface area contributed by atoms with E-state index in [0.717, 1.165) is 10.6 Å². The van der Waals surface area contributed by atoms with Crippen LogP contribution in [0.5, 0.6) is 0 Å². The fourth-order valence-corrected chi connectivity index (χ4v) is 6.50. The van der Waals surface area contributed by atoms with E-state index in [-0.39, 0.29) is 65.0 Å². The molecule has 0 aliphatic carbocycles. The lowest BCUT2D eigenvalue weighted by molar-refractivity contribution is -0.128. The summed E-state index contributed by atoms with van der Waals surface area (Å²) in [4.78, 5) is 39.4. The first-order valence-corrected chi connectivity index (χ1v) is 14.7. The zero-order chi connectivity index (χ0) is 31.4. The Morgan fingerprint density at radius 1 is 1.14 bits per heavy atom. The molecule has 2 aromatic carbocycles. The SMILES string of the molecule is C=CC(=O)N1CC2CCNc3c(F)c(-c4ccccc4F)c(F)c4c3c(nc(=O)n4-c3c(C)ccnc3C(C)C)N2CC1C. The predicted octanol–water partition coefficient (Wildman–Crippen LogP) is 5.70. The van der Waals surface area contributed by atoms with Gasteiger partial charge in [0.1, 0.15) is 17.2 Å². The van der Waals surface area contributed by atoms with Gasteiger partial charge in [-0.15, -0.1) is 0 Å².